The first kappa shape index (κ1) is 13.9. The Labute approximate surface area is 112 Å². The van der Waals surface area contributed by atoms with E-state index in [4.69, 9.17) is 9.84 Å². The Morgan fingerprint density at radius 1 is 1.60 bits per heavy atom. The van der Waals surface area contributed by atoms with Crippen LogP contribution >= 0.6 is 0 Å². The van der Waals surface area contributed by atoms with E-state index in [1.165, 1.54) is 17.2 Å². The van der Waals surface area contributed by atoms with Crippen molar-refractivity contribution in [1.82, 2.24) is 14.7 Å². The van der Waals surface area contributed by atoms with Gasteiger partial charge in [-0.2, -0.15) is 4.68 Å². The second kappa shape index (κ2) is 5.65. The molecule has 1 unspecified atom stereocenters. The van der Waals surface area contributed by atoms with Gasteiger partial charge in [0.25, 0.3) is 0 Å². The number of morpholine rings is 1. The highest BCUT2D eigenvalue weighted by Gasteiger charge is 2.33. The molecule has 0 aliphatic carbocycles. The summed E-state index contributed by atoms with van der Waals surface area (Å²) in [6.45, 7) is 0.103. The van der Waals surface area contributed by atoms with Gasteiger partial charge in [0.15, 0.2) is 6.04 Å². The van der Waals surface area contributed by atoms with Gasteiger partial charge >= 0.3 is 11.8 Å². The number of nitro groups is 1. The Morgan fingerprint density at radius 2 is 2.35 bits per heavy atom. The molecule has 10 nitrogen and oxygen atoms in total. The minimum Gasteiger partial charge on any atom is -0.480 e. The third-order valence-electron chi connectivity index (χ3n) is 2.84. The number of carbonyl (C=O) groups excluding carboxylic acids is 1. The molecule has 1 amide bonds. The lowest BCUT2D eigenvalue weighted by atomic mass is 10.2. The predicted octanol–water partition coefficient (Wildman–Crippen LogP) is -0.897. The summed E-state index contributed by atoms with van der Waals surface area (Å²) < 4.78 is 6.13. The molecule has 1 aromatic heterocycles. The van der Waals surface area contributed by atoms with Crippen LogP contribution in [0.2, 0.25) is 0 Å². The fourth-order valence-corrected chi connectivity index (χ4v) is 1.87. The molecule has 10 heteroatoms. The molecular weight excluding hydrogens is 272 g/mol. The van der Waals surface area contributed by atoms with Crippen molar-refractivity contribution in [3.63, 3.8) is 0 Å². The molecule has 20 heavy (non-hydrogen) atoms. The summed E-state index contributed by atoms with van der Waals surface area (Å²) >= 11 is 0. The normalized spacial score (nSPS) is 18.8. The van der Waals surface area contributed by atoms with Crippen molar-refractivity contribution in [2.75, 3.05) is 19.8 Å². The summed E-state index contributed by atoms with van der Waals surface area (Å²) in [5, 5.41) is 23.1. The van der Waals surface area contributed by atoms with Crippen molar-refractivity contribution >= 4 is 17.7 Å². The minimum atomic E-state index is -1.15. The first-order chi connectivity index (χ1) is 9.49. The number of aromatic nitrogens is 2. The van der Waals surface area contributed by atoms with Gasteiger partial charge in [0, 0.05) is 6.54 Å². The summed E-state index contributed by atoms with van der Waals surface area (Å²) in [4.78, 5) is 34.1. The molecule has 108 valence electrons. The lowest BCUT2D eigenvalue weighted by Gasteiger charge is -2.32. The van der Waals surface area contributed by atoms with Crippen LogP contribution in [-0.4, -0.2) is 62.4 Å². The fraction of sp³-hybridized carbons (Fsp3) is 0.500. The molecule has 1 atom stereocenters. The summed E-state index contributed by atoms with van der Waals surface area (Å²) in [5.41, 5.74) is 0. The first-order valence-corrected chi connectivity index (χ1v) is 5.77. The molecular formula is C10H12N4O6. The zero-order valence-electron chi connectivity index (χ0n) is 10.3. The van der Waals surface area contributed by atoms with E-state index in [1.807, 2.05) is 0 Å². The van der Waals surface area contributed by atoms with Crippen molar-refractivity contribution in [1.29, 1.82) is 0 Å². The average molecular weight is 284 g/mol. The van der Waals surface area contributed by atoms with Crippen molar-refractivity contribution in [3.8, 4) is 0 Å². The maximum Gasteiger partial charge on any atom is 0.389 e. The van der Waals surface area contributed by atoms with Gasteiger partial charge in [0.2, 0.25) is 5.91 Å². The second-order valence-corrected chi connectivity index (χ2v) is 4.14. The van der Waals surface area contributed by atoms with Crippen LogP contribution in [0.4, 0.5) is 5.82 Å². The molecule has 0 spiro atoms. The average Bonchev–Trinajstić information content (AvgIpc) is 2.87. The Bertz CT molecular complexity index is 542. The number of carboxylic acid groups (broad SMARTS) is 1. The van der Waals surface area contributed by atoms with Gasteiger partial charge in [-0.25, -0.2) is 4.79 Å². The largest absolute Gasteiger partial charge is 0.480 e. The number of hydrogen-bond donors (Lipinski definition) is 1. The molecule has 1 aliphatic heterocycles. The predicted molar refractivity (Wildman–Crippen MR) is 62.8 cm³/mol. The van der Waals surface area contributed by atoms with E-state index < -0.39 is 22.8 Å². The van der Waals surface area contributed by atoms with E-state index in [2.05, 4.69) is 5.10 Å². The molecule has 0 radical (unpaired) electrons. The molecule has 0 aromatic carbocycles. The van der Waals surface area contributed by atoms with Crippen LogP contribution in [0.3, 0.4) is 0 Å². The van der Waals surface area contributed by atoms with E-state index in [9.17, 15) is 19.7 Å². The van der Waals surface area contributed by atoms with Crippen LogP contribution in [0.1, 0.15) is 0 Å². The van der Waals surface area contributed by atoms with Gasteiger partial charge in [-0.15, -0.1) is 0 Å². The van der Waals surface area contributed by atoms with Crippen molar-refractivity contribution in [3.05, 3.63) is 22.4 Å². The molecule has 1 aromatic rings. The van der Waals surface area contributed by atoms with Gasteiger partial charge in [0.05, 0.1) is 30.6 Å². The Kier molecular flexibility index (Phi) is 3.94. The molecule has 0 saturated carbocycles. The van der Waals surface area contributed by atoms with Crippen LogP contribution in [0.25, 0.3) is 0 Å². The van der Waals surface area contributed by atoms with Gasteiger partial charge in [0.1, 0.15) is 6.54 Å². The quantitative estimate of drug-likeness (QED) is 0.560. The van der Waals surface area contributed by atoms with Crippen LogP contribution in [0.5, 0.6) is 0 Å². The van der Waals surface area contributed by atoms with E-state index in [0.29, 0.717) is 0 Å². The van der Waals surface area contributed by atoms with Gasteiger partial charge in [-0.05, 0) is 4.92 Å². The van der Waals surface area contributed by atoms with Gasteiger partial charge < -0.3 is 24.9 Å². The van der Waals surface area contributed by atoms with E-state index >= 15 is 0 Å². The summed E-state index contributed by atoms with van der Waals surface area (Å²) in [6.07, 6.45) is 1.30. The van der Waals surface area contributed by atoms with Crippen LogP contribution in [-0.2, 0) is 20.9 Å². The monoisotopic (exact) mass is 284 g/mol. The lowest BCUT2D eigenvalue weighted by molar-refractivity contribution is -0.389. The smallest absolute Gasteiger partial charge is 0.389 e. The molecule has 1 saturated heterocycles. The van der Waals surface area contributed by atoms with Gasteiger partial charge in [-0.3, -0.25) is 4.79 Å². The molecule has 2 rings (SSSR count). The number of carbonyl (C=O) groups is 2. The Hall–Kier alpha value is -2.49. The van der Waals surface area contributed by atoms with Gasteiger partial charge in [-0.1, -0.05) is 0 Å². The highest BCUT2D eigenvalue weighted by Crippen LogP contribution is 2.10. The third-order valence-corrected chi connectivity index (χ3v) is 2.84. The topological polar surface area (TPSA) is 128 Å². The first-order valence-electron chi connectivity index (χ1n) is 5.77. The summed E-state index contributed by atoms with van der Waals surface area (Å²) in [6, 6.07) is 0.128. The molecule has 0 bridgehead atoms. The number of hydrogen-bond acceptors (Lipinski definition) is 6. The number of aliphatic carboxylic acids is 1. The van der Waals surface area contributed by atoms with Crippen molar-refractivity contribution < 1.29 is 24.4 Å². The third kappa shape index (κ3) is 2.91. The standard InChI is InChI=1S/C10H12N4O6/c15-9(5-12-2-1-8(11-12)14(18)19)13-3-4-20-6-7(13)10(16)17/h1-2,7H,3-6H2,(H,16,17). The highest BCUT2D eigenvalue weighted by molar-refractivity contribution is 5.83. The van der Waals surface area contributed by atoms with Crippen LogP contribution in [0.15, 0.2) is 12.3 Å². The Balaban J connectivity index is 2.05. The molecule has 1 N–H and O–H groups in total. The van der Waals surface area contributed by atoms with E-state index in [1.54, 1.807) is 0 Å². The Morgan fingerprint density at radius 3 is 2.95 bits per heavy atom. The second-order valence-electron chi connectivity index (χ2n) is 4.14. The number of rotatable bonds is 4. The highest BCUT2D eigenvalue weighted by atomic mass is 16.6. The number of carboxylic acids is 1. The van der Waals surface area contributed by atoms with E-state index in [0.717, 1.165) is 4.68 Å². The molecule has 1 fully saturated rings. The maximum absolute atomic E-state index is 12.0. The van der Waals surface area contributed by atoms with Crippen molar-refractivity contribution in [2.45, 2.75) is 12.6 Å². The van der Waals surface area contributed by atoms with Crippen LogP contribution in [0, 0.1) is 10.1 Å². The molecule has 1 aliphatic rings. The summed E-state index contributed by atoms with van der Waals surface area (Å²) in [5.74, 6) is -1.99. The van der Waals surface area contributed by atoms with Crippen LogP contribution < -0.4 is 0 Å². The number of ether oxygens (including phenoxy) is 1. The number of nitrogens with zero attached hydrogens (tertiary/aromatic N) is 4. The van der Waals surface area contributed by atoms with Crippen molar-refractivity contribution in [2.24, 2.45) is 0 Å². The summed E-state index contributed by atoms with van der Waals surface area (Å²) in [7, 11) is 0. The maximum atomic E-state index is 12.0. The molecule has 2 heterocycles. The number of amides is 1. The zero-order valence-corrected chi connectivity index (χ0v) is 10.3. The minimum absolute atomic E-state index is 0.0691. The zero-order chi connectivity index (χ0) is 14.7. The fourth-order valence-electron chi connectivity index (χ4n) is 1.87. The SMILES string of the molecule is O=C(O)C1COCCN1C(=O)Cn1ccc([N+](=O)[O-])n1. The van der Waals surface area contributed by atoms with E-state index in [-0.39, 0.29) is 32.1 Å². The lowest BCUT2D eigenvalue weighted by Crippen LogP contribution is -2.53.